The van der Waals surface area contributed by atoms with Gasteiger partial charge in [-0.2, -0.15) is 4.98 Å². The minimum absolute atomic E-state index is 0.211. The van der Waals surface area contributed by atoms with Crippen molar-refractivity contribution in [1.82, 2.24) is 9.97 Å². The number of piperazine rings is 1. The highest BCUT2D eigenvalue weighted by Crippen LogP contribution is 2.23. The van der Waals surface area contributed by atoms with Gasteiger partial charge in [-0.1, -0.05) is 0 Å². The van der Waals surface area contributed by atoms with Gasteiger partial charge in [0.15, 0.2) is 0 Å². The van der Waals surface area contributed by atoms with Crippen LogP contribution < -0.4 is 19.9 Å². The predicted molar refractivity (Wildman–Crippen MR) is 114 cm³/mol. The molecule has 1 aliphatic heterocycles. The number of ether oxygens (including phenoxy) is 1. The van der Waals surface area contributed by atoms with Crippen LogP contribution in [0.4, 0.5) is 27.5 Å². The van der Waals surface area contributed by atoms with E-state index in [0.29, 0.717) is 0 Å². The van der Waals surface area contributed by atoms with E-state index in [4.69, 9.17) is 9.72 Å². The van der Waals surface area contributed by atoms with Crippen molar-refractivity contribution < 1.29 is 9.13 Å². The molecule has 1 aliphatic rings. The number of aryl methyl sites for hydroxylation is 1. The number of methoxy groups -OCH3 is 1. The monoisotopic (exact) mass is 393 g/mol. The molecule has 1 saturated heterocycles. The van der Waals surface area contributed by atoms with Gasteiger partial charge in [0, 0.05) is 49.3 Å². The average molecular weight is 393 g/mol. The highest BCUT2D eigenvalue weighted by molar-refractivity contribution is 5.59. The first-order valence-corrected chi connectivity index (χ1v) is 9.63. The van der Waals surface area contributed by atoms with Gasteiger partial charge in [-0.3, -0.25) is 0 Å². The fourth-order valence-electron chi connectivity index (χ4n) is 3.40. The van der Waals surface area contributed by atoms with Crippen LogP contribution >= 0.6 is 0 Å². The number of hydrogen-bond acceptors (Lipinski definition) is 6. The molecule has 1 fully saturated rings. The molecule has 0 spiro atoms. The molecule has 0 amide bonds. The molecule has 0 aliphatic carbocycles. The molecular formula is C22H24FN5O. The zero-order valence-electron chi connectivity index (χ0n) is 16.6. The van der Waals surface area contributed by atoms with E-state index in [0.717, 1.165) is 60.8 Å². The third-order valence-electron chi connectivity index (χ3n) is 4.96. The van der Waals surface area contributed by atoms with E-state index in [9.17, 15) is 4.39 Å². The number of anilines is 4. The Kier molecular flexibility index (Phi) is 5.46. The molecule has 4 rings (SSSR count). The SMILES string of the molecule is COc1ccc(Nc2cc(C)nc(N3CCN(c4ccc(F)cc4)CC3)n2)cc1. The van der Waals surface area contributed by atoms with Crippen molar-refractivity contribution in [2.75, 3.05) is 48.4 Å². The summed E-state index contributed by atoms with van der Waals surface area (Å²) in [4.78, 5) is 13.8. The third-order valence-corrected chi connectivity index (χ3v) is 4.96. The maximum atomic E-state index is 13.2. The van der Waals surface area contributed by atoms with Gasteiger partial charge in [-0.05, 0) is 55.5 Å². The molecule has 0 unspecified atom stereocenters. The summed E-state index contributed by atoms with van der Waals surface area (Å²) in [6.07, 6.45) is 0. The fraction of sp³-hybridized carbons (Fsp3) is 0.273. The van der Waals surface area contributed by atoms with Gasteiger partial charge in [-0.15, -0.1) is 0 Å². The van der Waals surface area contributed by atoms with Crippen molar-refractivity contribution in [1.29, 1.82) is 0 Å². The van der Waals surface area contributed by atoms with Crippen LogP contribution in [0.25, 0.3) is 0 Å². The van der Waals surface area contributed by atoms with Gasteiger partial charge in [0.1, 0.15) is 17.4 Å². The lowest BCUT2D eigenvalue weighted by Gasteiger charge is -2.36. The summed E-state index contributed by atoms with van der Waals surface area (Å²) in [6, 6.07) is 16.3. The zero-order chi connectivity index (χ0) is 20.2. The highest BCUT2D eigenvalue weighted by Gasteiger charge is 2.20. The van der Waals surface area contributed by atoms with Gasteiger partial charge in [0.05, 0.1) is 7.11 Å². The van der Waals surface area contributed by atoms with Gasteiger partial charge in [-0.25, -0.2) is 9.37 Å². The molecule has 150 valence electrons. The second-order valence-electron chi connectivity index (χ2n) is 7.00. The maximum Gasteiger partial charge on any atom is 0.227 e. The van der Waals surface area contributed by atoms with E-state index >= 15 is 0 Å². The van der Waals surface area contributed by atoms with Crippen LogP contribution in [-0.4, -0.2) is 43.3 Å². The van der Waals surface area contributed by atoms with Crippen LogP contribution in [0.3, 0.4) is 0 Å². The smallest absolute Gasteiger partial charge is 0.227 e. The summed E-state index contributed by atoms with van der Waals surface area (Å²) in [7, 11) is 1.65. The van der Waals surface area contributed by atoms with Gasteiger partial charge in [0.25, 0.3) is 0 Å². The first-order chi connectivity index (χ1) is 14.1. The van der Waals surface area contributed by atoms with Gasteiger partial charge < -0.3 is 19.9 Å². The molecule has 0 saturated carbocycles. The number of nitrogens with zero attached hydrogens (tertiary/aromatic N) is 4. The Morgan fingerprint density at radius 1 is 0.897 bits per heavy atom. The Labute approximate surface area is 170 Å². The molecule has 2 aromatic carbocycles. The summed E-state index contributed by atoms with van der Waals surface area (Å²) in [5.41, 5.74) is 2.89. The molecule has 0 atom stereocenters. The molecular weight excluding hydrogens is 369 g/mol. The van der Waals surface area contributed by atoms with Crippen LogP contribution in [0.5, 0.6) is 5.75 Å². The Morgan fingerprint density at radius 3 is 2.21 bits per heavy atom. The van der Waals surface area contributed by atoms with E-state index < -0.39 is 0 Å². The van der Waals surface area contributed by atoms with Crippen molar-refractivity contribution in [3.05, 3.63) is 66.1 Å². The molecule has 0 radical (unpaired) electrons. The van der Waals surface area contributed by atoms with Crippen LogP contribution in [-0.2, 0) is 0 Å². The lowest BCUT2D eigenvalue weighted by atomic mass is 10.2. The lowest BCUT2D eigenvalue weighted by molar-refractivity contribution is 0.415. The molecule has 3 aromatic rings. The maximum absolute atomic E-state index is 13.2. The lowest BCUT2D eigenvalue weighted by Crippen LogP contribution is -2.47. The first kappa shape index (κ1) is 19.0. The topological polar surface area (TPSA) is 53.5 Å². The van der Waals surface area contributed by atoms with Gasteiger partial charge >= 0.3 is 0 Å². The second-order valence-corrected chi connectivity index (χ2v) is 7.00. The molecule has 2 heterocycles. The van der Waals surface area contributed by atoms with E-state index in [1.807, 2.05) is 49.4 Å². The van der Waals surface area contributed by atoms with E-state index in [2.05, 4.69) is 20.1 Å². The number of benzene rings is 2. The van der Waals surface area contributed by atoms with Crippen molar-refractivity contribution in [2.24, 2.45) is 0 Å². The van der Waals surface area contributed by atoms with E-state index in [-0.39, 0.29) is 5.82 Å². The number of aromatic nitrogens is 2. The zero-order valence-corrected chi connectivity index (χ0v) is 16.6. The Hall–Kier alpha value is -3.35. The summed E-state index contributed by atoms with van der Waals surface area (Å²) in [6.45, 7) is 5.26. The molecule has 7 heteroatoms. The third kappa shape index (κ3) is 4.56. The summed E-state index contributed by atoms with van der Waals surface area (Å²) in [5, 5.41) is 3.34. The standard InChI is InChI=1S/C22H24FN5O/c1-16-15-21(25-18-5-9-20(29-2)10-6-18)26-22(24-16)28-13-11-27(12-14-28)19-7-3-17(23)4-8-19/h3-10,15H,11-14H2,1-2H3,(H,24,25,26). The Morgan fingerprint density at radius 2 is 1.55 bits per heavy atom. The minimum atomic E-state index is -0.211. The quantitative estimate of drug-likeness (QED) is 0.707. The number of nitrogens with one attached hydrogen (secondary N) is 1. The highest BCUT2D eigenvalue weighted by atomic mass is 19.1. The van der Waals surface area contributed by atoms with Crippen LogP contribution in [0.2, 0.25) is 0 Å². The summed E-state index contributed by atoms with van der Waals surface area (Å²) >= 11 is 0. The van der Waals surface area contributed by atoms with Crippen molar-refractivity contribution in [3.63, 3.8) is 0 Å². The normalized spacial score (nSPS) is 14.0. The number of hydrogen-bond donors (Lipinski definition) is 1. The molecule has 29 heavy (non-hydrogen) atoms. The Bertz CT molecular complexity index is 954. The van der Waals surface area contributed by atoms with E-state index in [1.165, 1.54) is 12.1 Å². The Balaban J connectivity index is 1.44. The largest absolute Gasteiger partial charge is 0.497 e. The number of halogens is 1. The predicted octanol–water partition coefficient (Wildman–Crippen LogP) is 4.00. The fourth-order valence-corrected chi connectivity index (χ4v) is 3.40. The van der Waals surface area contributed by atoms with Gasteiger partial charge in [0.2, 0.25) is 5.95 Å². The molecule has 0 bridgehead atoms. The van der Waals surface area contributed by atoms with Crippen molar-refractivity contribution >= 4 is 23.1 Å². The average Bonchev–Trinajstić information content (AvgIpc) is 2.75. The molecule has 6 nitrogen and oxygen atoms in total. The molecule has 1 aromatic heterocycles. The van der Waals surface area contributed by atoms with Crippen LogP contribution in [0.15, 0.2) is 54.6 Å². The number of rotatable bonds is 5. The van der Waals surface area contributed by atoms with Crippen LogP contribution in [0.1, 0.15) is 5.69 Å². The molecule has 1 N–H and O–H groups in total. The summed E-state index contributed by atoms with van der Waals surface area (Å²) < 4.78 is 18.4. The minimum Gasteiger partial charge on any atom is -0.497 e. The van der Waals surface area contributed by atoms with E-state index in [1.54, 1.807) is 7.11 Å². The van der Waals surface area contributed by atoms with Crippen molar-refractivity contribution in [2.45, 2.75) is 6.92 Å². The second kappa shape index (κ2) is 8.34. The first-order valence-electron chi connectivity index (χ1n) is 9.63. The van der Waals surface area contributed by atoms with Crippen molar-refractivity contribution in [3.8, 4) is 5.75 Å². The van der Waals surface area contributed by atoms with Crippen LogP contribution in [0, 0.1) is 12.7 Å². The summed E-state index contributed by atoms with van der Waals surface area (Å²) in [5.74, 6) is 2.09.